The molecule has 0 aliphatic carbocycles. The third kappa shape index (κ3) is 6.12. The van der Waals surface area contributed by atoms with Crippen LogP contribution in [-0.4, -0.2) is 25.0 Å². The van der Waals surface area contributed by atoms with E-state index < -0.39 is 0 Å². The number of amides is 1. The molecule has 1 rings (SSSR count). The minimum atomic E-state index is 0.0463. The molecule has 4 heteroatoms. The summed E-state index contributed by atoms with van der Waals surface area (Å²) in [5.41, 5.74) is 0. The fraction of sp³-hybridized carbons (Fsp3) is 0.615. The summed E-state index contributed by atoms with van der Waals surface area (Å²) in [5.74, 6) is 1.47. The molecule has 1 unspecified atom stereocenters. The van der Waals surface area contributed by atoms with Crippen LogP contribution in [0.5, 0.6) is 0 Å². The highest BCUT2D eigenvalue weighted by Gasteiger charge is 2.07. The number of carbonyl (C=O) groups excluding carboxylic acids is 1. The van der Waals surface area contributed by atoms with Gasteiger partial charge in [0.1, 0.15) is 5.76 Å². The molecule has 0 aliphatic heterocycles. The lowest BCUT2D eigenvalue weighted by Crippen LogP contribution is -2.39. The second-order valence-electron chi connectivity index (χ2n) is 4.76. The Labute approximate surface area is 103 Å². The molecule has 96 valence electrons. The molecule has 0 saturated carbocycles. The molecular weight excluding hydrogens is 216 g/mol. The average Bonchev–Trinajstić information content (AvgIpc) is 2.76. The zero-order chi connectivity index (χ0) is 12.7. The Morgan fingerprint density at radius 3 is 2.76 bits per heavy atom. The van der Waals surface area contributed by atoms with Crippen molar-refractivity contribution in [1.82, 2.24) is 10.6 Å². The topological polar surface area (TPSA) is 54.3 Å². The fourth-order valence-electron chi connectivity index (χ4n) is 1.45. The number of hydrogen-bond acceptors (Lipinski definition) is 3. The molecule has 1 amide bonds. The van der Waals surface area contributed by atoms with E-state index in [4.69, 9.17) is 4.42 Å². The van der Waals surface area contributed by atoms with Gasteiger partial charge in [0.05, 0.1) is 12.8 Å². The van der Waals surface area contributed by atoms with Crippen molar-refractivity contribution in [3.05, 3.63) is 24.2 Å². The Hall–Kier alpha value is -1.29. The van der Waals surface area contributed by atoms with Gasteiger partial charge in [-0.05, 0) is 25.0 Å². The van der Waals surface area contributed by atoms with E-state index in [-0.39, 0.29) is 11.9 Å². The van der Waals surface area contributed by atoms with Crippen molar-refractivity contribution in [2.75, 3.05) is 13.1 Å². The molecule has 0 fully saturated rings. The van der Waals surface area contributed by atoms with Crippen molar-refractivity contribution in [2.24, 2.45) is 5.92 Å². The SMILES string of the molecule is CC(C)CNC(=O)CNC(C)Cc1ccco1. The van der Waals surface area contributed by atoms with Gasteiger partial charge < -0.3 is 15.1 Å². The molecule has 0 bridgehead atoms. The molecule has 0 saturated heterocycles. The molecule has 2 N–H and O–H groups in total. The van der Waals surface area contributed by atoms with Gasteiger partial charge in [0, 0.05) is 19.0 Å². The van der Waals surface area contributed by atoms with Gasteiger partial charge in [0.25, 0.3) is 0 Å². The zero-order valence-corrected chi connectivity index (χ0v) is 10.8. The summed E-state index contributed by atoms with van der Waals surface area (Å²) in [6, 6.07) is 4.04. The molecule has 0 aromatic carbocycles. The maximum absolute atomic E-state index is 11.5. The first kappa shape index (κ1) is 13.8. The summed E-state index contributed by atoms with van der Waals surface area (Å²) in [7, 11) is 0. The van der Waals surface area contributed by atoms with E-state index >= 15 is 0 Å². The Balaban J connectivity index is 2.15. The summed E-state index contributed by atoms with van der Waals surface area (Å²) >= 11 is 0. The summed E-state index contributed by atoms with van der Waals surface area (Å²) in [6.07, 6.45) is 2.46. The van der Waals surface area contributed by atoms with E-state index in [1.807, 2.05) is 19.1 Å². The number of carbonyl (C=O) groups is 1. The van der Waals surface area contributed by atoms with E-state index in [1.54, 1.807) is 6.26 Å². The van der Waals surface area contributed by atoms with Crippen molar-refractivity contribution in [3.63, 3.8) is 0 Å². The van der Waals surface area contributed by atoms with E-state index in [0.29, 0.717) is 12.5 Å². The van der Waals surface area contributed by atoms with Crippen LogP contribution < -0.4 is 10.6 Å². The summed E-state index contributed by atoms with van der Waals surface area (Å²) in [6.45, 7) is 7.28. The van der Waals surface area contributed by atoms with Gasteiger partial charge in [0.15, 0.2) is 0 Å². The highest BCUT2D eigenvalue weighted by Crippen LogP contribution is 2.03. The number of rotatable bonds is 7. The molecule has 1 aromatic rings. The standard InChI is InChI=1S/C13H22N2O2/c1-10(2)8-15-13(16)9-14-11(3)7-12-5-4-6-17-12/h4-6,10-11,14H,7-9H2,1-3H3,(H,15,16). The molecule has 1 aromatic heterocycles. The highest BCUT2D eigenvalue weighted by molar-refractivity contribution is 5.77. The lowest BCUT2D eigenvalue weighted by molar-refractivity contribution is -0.120. The summed E-state index contributed by atoms with van der Waals surface area (Å²) in [4.78, 5) is 11.5. The normalized spacial score (nSPS) is 12.7. The van der Waals surface area contributed by atoms with Crippen molar-refractivity contribution in [1.29, 1.82) is 0 Å². The van der Waals surface area contributed by atoms with E-state index in [9.17, 15) is 4.79 Å². The third-order valence-electron chi connectivity index (χ3n) is 2.41. The van der Waals surface area contributed by atoms with Crippen LogP contribution in [0.3, 0.4) is 0 Å². The van der Waals surface area contributed by atoms with Crippen molar-refractivity contribution in [2.45, 2.75) is 33.2 Å². The molecule has 0 spiro atoms. The molecule has 0 aliphatic rings. The molecule has 17 heavy (non-hydrogen) atoms. The number of nitrogens with one attached hydrogen (secondary N) is 2. The van der Waals surface area contributed by atoms with Gasteiger partial charge in [-0.25, -0.2) is 0 Å². The van der Waals surface area contributed by atoms with Gasteiger partial charge in [-0.1, -0.05) is 13.8 Å². The lowest BCUT2D eigenvalue weighted by atomic mass is 10.2. The second kappa shape index (κ2) is 7.12. The van der Waals surface area contributed by atoms with Gasteiger partial charge in [0.2, 0.25) is 5.91 Å². The van der Waals surface area contributed by atoms with Crippen LogP contribution in [0, 0.1) is 5.92 Å². The first-order chi connectivity index (χ1) is 8.08. The Morgan fingerprint density at radius 2 is 2.18 bits per heavy atom. The Kier molecular flexibility index (Phi) is 5.77. The maximum Gasteiger partial charge on any atom is 0.233 e. The number of hydrogen-bond donors (Lipinski definition) is 2. The molecule has 1 atom stereocenters. The lowest BCUT2D eigenvalue weighted by Gasteiger charge is -2.13. The minimum absolute atomic E-state index is 0.0463. The fourth-order valence-corrected chi connectivity index (χ4v) is 1.45. The molecule has 4 nitrogen and oxygen atoms in total. The van der Waals surface area contributed by atoms with E-state index in [2.05, 4.69) is 24.5 Å². The number of furan rings is 1. The summed E-state index contributed by atoms with van der Waals surface area (Å²) < 4.78 is 5.25. The minimum Gasteiger partial charge on any atom is -0.469 e. The van der Waals surface area contributed by atoms with E-state index in [0.717, 1.165) is 18.7 Å². The van der Waals surface area contributed by atoms with Crippen LogP contribution in [0.1, 0.15) is 26.5 Å². The van der Waals surface area contributed by atoms with Crippen LogP contribution in [-0.2, 0) is 11.2 Å². The van der Waals surface area contributed by atoms with Crippen LogP contribution in [0.4, 0.5) is 0 Å². The average molecular weight is 238 g/mol. The Morgan fingerprint density at radius 1 is 1.41 bits per heavy atom. The van der Waals surface area contributed by atoms with Crippen molar-refractivity contribution in [3.8, 4) is 0 Å². The van der Waals surface area contributed by atoms with Crippen LogP contribution in [0.25, 0.3) is 0 Å². The molecule has 0 radical (unpaired) electrons. The molecule has 1 heterocycles. The maximum atomic E-state index is 11.5. The molecular formula is C13H22N2O2. The zero-order valence-electron chi connectivity index (χ0n) is 10.8. The largest absolute Gasteiger partial charge is 0.469 e. The van der Waals surface area contributed by atoms with Crippen molar-refractivity contribution < 1.29 is 9.21 Å². The van der Waals surface area contributed by atoms with Crippen molar-refractivity contribution >= 4 is 5.91 Å². The first-order valence-electron chi connectivity index (χ1n) is 6.10. The quantitative estimate of drug-likeness (QED) is 0.758. The van der Waals surface area contributed by atoms with Gasteiger partial charge in [-0.15, -0.1) is 0 Å². The highest BCUT2D eigenvalue weighted by atomic mass is 16.3. The van der Waals surface area contributed by atoms with Crippen LogP contribution >= 0.6 is 0 Å². The monoisotopic (exact) mass is 238 g/mol. The van der Waals surface area contributed by atoms with Crippen LogP contribution in [0.2, 0.25) is 0 Å². The van der Waals surface area contributed by atoms with Gasteiger partial charge in [-0.3, -0.25) is 4.79 Å². The van der Waals surface area contributed by atoms with E-state index in [1.165, 1.54) is 0 Å². The Bertz CT molecular complexity index is 320. The van der Waals surface area contributed by atoms with Gasteiger partial charge in [-0.2, -0.15) is 0 Å². The van der Waals surface area contributed by atoms with Crippen LogP contribution in [0.15, 0.2) is 22.8 Å². The third-order valence-corrected chi connectivity index (χ3v) is 2.41. The smallest absolute Gasteiger partial charge is 0.233 e. The predicted molar refractivity (Wildman–Crippen MR) is 67.7 cm³/mol. The predicted octanol–water partition coefficient (Wildman–Crippen LogP) is 1.57. The first-order valence-corrected chi connectivity index (χ1v) is 6.10. The van der Waals surface area contributed by atoms with Gasteiger partial charge >= 0.3 is 0 Å². The second-order valence-corrected chi connectivity index (χ2v) is 4.76. The summed E-state index contributed by atoms with van der Waals surface area (Å²) in [5, 5.41) is 6.04.